The molecule has 0 aliphatic heterocycles. The van der Waals surface area contributed by atoms with Gasteiger partial charge in [0.1, 0.15) is 0 Å². The molecule has 4 aliphatic carbocycles. The number of nitro groups is 1. The third-order valence-corrected chi connectivity index (χ3v) is 9.09. The van der Waals surface area contributed by atoms with Gasteiger partial charge in [0.2, 0.25) is 0 Å². The first kappa shape index (κ1) is 21.5. The minimum atomic E-state index is -0.469. The van der Waals surface area contributed by atoms with Crippen LogP contribution in [0.1, 0.15) is 65.7 Å². The lowest BCUT2D eigenvalue weighted by Crippen LogP contribution is -2.56. The minimum Gasteiger partial charge on any atom is -0.298 e. The van der Waals surface area contributed by atoms with Gasteiger partial charge in [-0.25, -0.2) is 4.98 Å². The highest BCUT2D eigenvalue weighted by Gasteiger charge is 2.59. The zero-order valence-corrected chi connectivity index (χ0v) is 19.9. The molecule has 7 rings (SSSR count). The van der Waals surface area contributed by atoms with E-state index >= 15 is 0 Å². The van der Waals surface area contributed by atoms with Crippen LogP contribution in [0, 0.1) is 28.9 Å². The van der Waals surface area contributed by atoms with Crippen molar-refractivity contribution in [2.75, 3.05) is 5.32 Å². The highest BCUT2D eigenvalue weighted by Crippen LogP contribution is 2.66. The van der Waals surface area contributed by atoms with Crippen molar-refractivity contribution in [3.05, 3.63) is 86.4 Å². The minimum absolute atomic E-state index is 0.0302. The maximum absolute atomic E-state index is 12.7. The zero-order valence-electron chi connectivity index (χ0n) is 19.1. The molecule has 3 aromatic rings. The largest absolute Gasteiger partial charge is 0.298 e. The summed E-state index contributed by atoms with van der Waals surface area (Å²) in [7, 11) is 0. The zero-order chi connectivity index (χ0) is 23.5. The van der Waals surface area contributed by atoms with Gasteiger partial charge in [-0.05, 0) is 80.4 Å². The normalized spacial score (nSPS) is 29.2. The molecule has 4 bridgehead atoms. The van der Waals surface area contributed by atoms with Gasteiger partial charge in [0.25, 0.3) is 11.6 Å². The molecular weight excluding hydrogens is 446 g/mol. The van der Waals surface area contributed by atoms with Gasteiger partial charge in [-0.2, -0.15) is 0 Å². The SMILES string of the molecule is Cc1ccc(C23CC4CC(C2)CC(c2csc(NC(=O)c5ccc([N+](=O)[O-])cc5)n2)(C4)C3)cc1. The molecule has 4 saturated carbocycles. The molecule has 1 heterocycles. The highest BCUT2D eigenvalue weighted by molar-refractivity contribution is 7.14. The fourth-order valence-electron chi connectivity index (χ4n) is 7.29. The number of carbonyl (C=O) groups is 1. The van der Waals surface area contributed by atoms with E-state index in [1.54, 1.807) is 0 Å². The molecule has 2 atom stereocenters. The predicted octanol–water partition coefficient (Wildman–Crippen LogP) is 6.40. The highest BCUT2D eigenvalue weighted by atomic mass is 32.1. The lowest BCUT2D eigenvalue weighted by Gasteiger charge is -2.62. The lowest BCUT2D eigenvalue weighted by molar-refractivity contribution is -0.384. The smallest absolute Gasteiger partial charge is 0.269 e. The number of hydrogen-bond acceptors (Lipinski definition) is 5. The maximum atomic E-state index is 12.7. The summed E-state index contributed by atoms with van der Waals surface area (Å²) < 4.78 is 0. The first-order chi connectivity index (χ1) is 16.3. The molecule has 174 valence electrons. The number of hydrogen-bond donors (Lipinski definition) is 1. The van der Waals surface area contributed by atoms with Crippen molar-refractivity contribution in [2.45, 2.75) is 56.3 Å². The number of nitrogens with one attached hydrogen (secondary N) is 1. The second-order valence-electron chi connectivity index (χ2n) is 10.7. The van der Waals surface area contributed by atoms with Gasteiger partial charge < -0.3 is 0 Å². The molecule has 2 aromatic carbocycles. The number of aryl methyl sites for hydroxylation is 1. The summed E-state index contributed by atoms with van der Waals surface area (Å²) >= 11 is 1.47. The van der Waals surface area contributed by atoms with E-state index in [-0.39, 0.29) is 22.4 Å². The van der Waals surface area contributed by atoms with E-state index in [9.17, 15) is 14.9 Å². The van der Waals surface area contributed by atoms with Gasteiger partial charge in [-0.1, -0.05) is 29.8 Å². The van der Waals surface area contributed by atoms with Crippen molar-refractivity contribution >= 4 is 28.1 Å². The lowest BCUT2D eigenvalue weighted by atomic mass is 9.42. The molecule has 0 spiro atoms. The first-order valence-electron chi connectivity index (χ1n) is 11.9. The topological polar surface area (TPSA) is 85.1 Å². The number of nitrogens with zero attached hydrogens (tertiary/aromatic N) is 2. The van der Waals surface area contributed by atoms with Crippen molar-refractivity contribution in [1.29, 1.82) is 0 Å². The third kappa shape index (κ3) is 3.54. The molecule has 0 saturated heterocycles. The Bertz CT molecular complexity index is 1250. The third-order valence-electron chi connectivity index (χ3n) is 8.33. The van der Waals surface area contributed by atoms with Crippen LogP contribution in [0.5, 0.6) is 0 Å². The van der Waals surface area contributed by atoms with Gasteiger partial charge in [0, 0.05) is 28.5 Å². The Balaban J connectivity index is 1.25. The van der Waals surface area contributed by atoms with E-state index in [1.807, 2.05) is 0 Å². The molecule has 4 aliphatic rings. The molecular formula is C27H27N3O3S. The fraction of sp³-hybridized carbons (Fsp3) is 0.407. The van der Waals surface area contributed by atoms with Crippen LogP contribution in [0.2, 0.25) is 0 Å². The predicted molar refractivity (Wildman–Crippen MR) is 132 cm³/mol. The monoisotopic (exact) mass is 473 g/mol. The summed E-state index contributed by atoms with van der Waals surface area (Å²) in [5.41, 5.74) is 4.59. The van der Waals surface area contributed by atoms with Gasteiger partial charge >= 0.3 is 0 Å². The van der Waals surface area contributed by atoms with E-state index in [2.05, 4.69) is 41.9 Å². The molecule has 34 heavy (non-hydrogen) atoms. The van der Waals surface area contributed by atoms with Crippen molar-refractivity contribution < 1.29 is 9.72 Å². The van der Waals surface area contributed by atoms with Crippen LogP contribution in [-0.4, -0.2) is 15.8 Å². The summed E-state index contributed by atoms with van der Waals surface area (Å²) in [6.45, 7) is 2.15. The Hall–Kier alpha value is -3.06. The molecule has 6 nitrogen and oxygen atoms in total. The van der Waals surface area contributed by atoms with E-state index < -0.39 is 4.92 Å². The molecule has 0 radical (unpaired) electrons. The van der Waals surface area contributed by atoms with Crippen LogP contribution < -0.4 is 5.32 Å². The van der Waals surface area contributed by atoms with Gasteiger partial charge in [0.05, 0.1) is 10.6 Å². The Kier molecular flexibility index (Phi) is 4.88. The first-order valence-corrected chi connectivity index (χ1v) is 12.8. The van der Waals surface area contributed by atoms with Crippen molar-refractivity contribution in [3.63, 3.8) is 0 Å². The molecule has 4 fully saturated rings. The Morgan fingerprint density at radius 3 is 2.32 bits per heavy atom. The number of aromatic nitrogens is 1. The average molecular weight is 474 g/mol. The molecule has 1 aromatic heterocycles. The van der Waals surface area contributed by atoms with Crippen LogP contribution in [0.25, 0.3) is 0 Å². The average Bonchev–Trinajstić information content (AvgIpc) is 3.28. The maximum Gasteiger partial charge on any atom is 0.269 e. The van der Waals surface area contributed by atoms with E-state index in [4.69, 9.17) is 4.98 Å². The van der Waals surface area contributed by atoms with Crippen LogP contribution in [-0.2, 0) is 10.8 Å². The summed E-state index contributed by atoms with van der Waals surface area (Å²) in [4.78, 5) is 28.0. The van der Waals surface area contributed by atoms with Gasteiger partial charge in [-0.3, -0.25) is 20.2 Å². The number of carbonyl (C=O) groups excluding carboxylic acids is 1. The fourth-order valence-corrected chi connectivity index (χ4v) is 8.11. The quantitative estimate of drug-likeness (QED) is 0.343. The van der Waals surface area contributed by atoms with Gasteiger partial charge in [-0.15, -0.1) is 11.3 Å². The number of rotatable bonds is 5. The van der Waals surface area contributed by atoms with E-state index in [0.717, 1.165) is 24.0 Å². The number of anilines is 1. The van der Waals surface area contributed by atoms with E-state index in [1.165, 1.54) is 78.8 Å². The molecule has 2 unspecified atom stereocenters. The second-order valence-corrected chi connectivity index (χ2v) is 11.5. The van der Waals surface area contributed by atoms with Crippen molar-refractivity contribution in [3.8, 4) is 0 Å². The number of amides is 1. The van der Waals surface area contributed by atoms with Crippen LogP contribution in [0.15, 0.2) is 53.9 Å². The number of non-ortho nitro benzene ring substituents is 1. The Morgan fingerprint density at radius 2 is 1.68 bits per heavy atom. The van der Waals surface area contributed by atoms with Crippen LogP contribution in [0.4, 0.5) is 10.8 Å². The second kappa shape index (κ2) is 7.73. The van der Waals surface area contributed by atoms with Crippen LogP contribution in [0.3, 0.4) is 0 Å². The summed E-state index contributed by atoms with van der Waals surface area (Å²) in [6, 6.07) is 14.8. The molecule has 1 N–H and O–H groups in total. The summed E-state index contributed by atoms with van der Waals surface area (Å²) in [6.07, 6.45) is 7.41. The molecule has 1 amide bonds. The number of nitro benzene ring substituents is 1. The number of benzene rings is 2. The van der Waals surface area contributed by atoms with Crippen molar-refractivity contribution in [1.82, 2.24) is 4.98 Å². The summed E-state index contributed by atoms with van der Waals surface area (Å²) in [5, 5.41) is 16.5. The Labute approximate surface area is 202 Å². The standard InChI is InChI=1S/C27H27N3O3S/c1-17-2-6-21(7-3-17)26-11-18-10-19(12-26)14-27(13-18,16-26)23-15-34-25(28-23)29-24(31)20-4-8-22(9-5-20)30(32)33/h2-9,15,18-19H,10-14,16H2,1H3,(H,28,29,31). The number of thiazole rings is 1. The van der Waals surface area contributed by atoms with Crippen molar-refractivity contribution in [2.24, 2.45) is 11.8 Å². The Morgan fingerprint density at radius 1 is 1.03 bits per heavy atom. The van der Waals surface area contributed by atoms with E-state index in [0.29, 0.717) is 10.7 Å². The summed E-state index contributed by atoms with van der Waals surface area (Å²) in [5.74, 6) is 1.18. The van der Waals surface area contributed by atoms with Crippen LogP contribution >= 0.6 is 11.3 Å². The van der Waals surface area contributed by atoms with Gasteiger partial charge in [0.15, 0.2) is 5.13 Å². The molecule has 7 heteroatoms.